The van der Waals surface area contributed by atoms with E-state index < -0.39 is 4.92 Å². The van der Waals surface area contributed by atoms with Gasteiger partial charge in [0, 0.05) is 45.4 Å². The van der Waals surface area contributed by atoms with Gasteiger partial charge in [-0.1, -0.05) is 6.07 Å². The van der Waals surface area contributed by atoms with Crippen molar-refractivity contribution in [2.45, 2.75) is 18.9 Å². The van der Waals surface area contributed by atoms with Crippen LogP contribution in [0.15, 0.2) is 24.3 Å². The molecule has 1 amide bonds. The number of carbonyl (C=O) groups excluding carboxylic acids is 1. The maximum Gasteiger partial charge on any atom is 0.273 e. The molecule has 3 rings (SSSR count). The molecule has 1 aromatic rings. The number of nitro benzene ring substituents is 1. The van der Waals surface area contributed by atoms with Crippen molar-refractivity contribution in [3.05, 3.63) is 34.4 Å². The summed E-state index contributed by atoms with van der Waals surface area (Å²) >= 11 is 0. The van der Waals surface area contributed by atoms with E-state index in [2.05, 4.69) is 4.90 Å². The first kappa shape index (κ1) is 17.6. The van der Waals surface area contributed by atoms with E-state index in [9.17, 15) is 14.9 Å². The predicted octanol–water partition coefficient (Wildman–Crippen LogP) is 1.30. The Morgan fingerprint density at radius 3 is 2.80 bits per heavy atom. The molecule has 2 fully saturated rings. The van der Waals surface area contributed by atoms with Gasteiger partial charge in [-0.15, -0.1) is 0 Å². The van der Waals surface area contributed by atoms with E-state index >= 15 is 0 Å². The zero-order valence-corrected chi connectivity index (χ0v) is 14.1. The minimum atomic E-state index is -0.433. The van der Waals surface area contributed by atoms with Crippen LogP contribution in [0.5, 0.6) is 5.75 Å². The van der Waals surface area contributed by atoms with Gasteiger partial charge in [-0.25, -0.2) is 0 Å². The van der Waals surface area contributed by atoms with Gasteiger partial charge in [0.1, 0.15) is 18.5 Å². The molecular weight excluding hydrogens is 326 g/mol. The quantitative estimate of drug-likeness (QED) is 0.568. The second-order valence-electron chi connectivity index (χ2n) is 6.27. The maximum absolute atomic E-state index is 12.3. The van der Waals surface area contributed by atoms with Gasteiger partial charge in [-0.05, 0) is 18.9 Å². The SMILES string of the molecule is O=C(C1CCCO1)N1CCN(CCOc2cccc([N+](=O)[O-])c2)CC1. The molecule has 0 aliphatic carbocycles. The minimum absolute atomic E-state index is 0.0266. The number of hydrogen-bond donors (Lipinski definition) is 0. The lowest BCUT2D eigenvalue weighted by atomic mass is 10.2. The molecule has 0 bridgehead atoms. The van der Waals surface area contributed by atoms with Crippen LogP contribution in [0.1, 0.15) is 12.8 Å². The third-order valence-electron chi connectivity index (χ3n) is 4.59. The standard InChI is InChI=1S/C17H23N3O5/c21-17(16-5-2-11-25-16)19-8-6-18(7-9-19)10-12-24-15-4-1-3-14(13-15)20(22)23/h1,3-4,13,16H,2,5-12H2. The number of ether oxygens (including phenoxy) is 2. The number of amides is 1. The number of carbonyl (C=O) groups is 1. The predicted molar refractivity (Wildman–Crippen MR) is 90.6 cm³/mol. The second kappa shape index (κ2) is 8.26. The number of nitrogens with zero attached hydrogens (tertiary/aromatic N) is 3. The fraction of sp³-hybridized carbons (Fsp3) is 0.588. The number of non-ortho nitro benzene ring substituents is 1. The van der Waals surface area contributed by atoms with E-state index in [1.54, 1.807) is 12.1 Å². The average Bonchev–Trinajstić information content (AvgIpc) is 3.17. The lowest BCUT2D eigenvalue weighted by Crippen LogP contribution is -2.52. The first-order valence-corrected chi connectivity index (χ1v) is 8.63. The molecule has 8 heteroatoms. The van der Waals surface area contributed by atoms with Crippen molar-refractivity contribution in [2.24, 2.45) is 0 Å². The van der Waals surface area contributed by atoms with Gasteiger partial charge in [-0.3, -0.25) is 19.8 Å². The van der Waals surface area contributed by atoms with Gasteiger partial charge in [0.15, 0.2) is 0 Å². The highest BCUT2D eigenvalue weighted by atomic mass is 16.6. The highest BCUT2D eigenvalue weighted by Crippen LogP contribution is 2.19. The van der Waals surface area contributed by atoms with Crippen LogP contribution in [0.4, 0.5) is 5.69 Å². The Balaban J connectivity index is 1.38. The fourth-order valence-electron chi connectivity index (χ4n) is 3.15. The van der Waals surface area contributed by atoms with Crippen molar-refractivity contribution < 1.29 is 19.2 Å². The van der Waals surface area contributed by atoms with Gasteiger partial charge >= 0.3 is 0 Å². The van der Waals surface area contributed by atoms with E-state index in [4.69, 9.17) is 9.47 Å². The Bertz CT molecular complexity index is 610. The molecule has 0 aromatic heterocycles. The Morgan fingerprint density at radius 2 is 2.12 bits per heavy atom. The minimum Gasteiger partial charge on any atom is -0.492 e. The molecule has 2 saturated heterocycles. The molecule has 2 heterocycles. The Labute approximate surface area is 146 Å². The summed E-state index contributed by atoms with van der Waals surface area (Å²) in [6.45, 7) is 4.88. The zero-order valence-electron chi connectivity index (χ0n) is 14.1. The molecular formula is C17H23N3O5. The molecule has 0 N–H and O–H groups in total. The van der Waals surface area contributed by atoms with Crippen molar-refractivity contribution in [2.75, 3.05) is 45.9 Å². The zero-order chi connectivity index (χ0) is 17.6. The smallest absolute Gasteiger partial charge is 0.273 e. The van der Waals surface area contributed by atoms with Crippen LogP contribution in [0, 0.1) is 10.1 Å². The number of hydrogen-bond acceptors (Lipinski definition) is 6. The molecule has 1 aromatic carbocycles. The van der Waals surface area contributed by atoms with Crippen molar-refractivity contribution in [3.63, 3.8) is 0 Å². The van der Waals surface area contributed by atoms with Gasteiger partial charge < -0.3 is 14.4 Å². The largest absolute Gasteiger partial charge is 0.492 e. The molecule has 8 nitrogen and oxygen atoms in total. The van der Waals surface area contributed by atoms with Gasteiger partial charge in [0.05, 0.1) is 11.0 Å². The summed E-state index contributed by atoms with van der Waals surface area (Å²) in [6, 6.07) is 6.20. The lowest BCUT2D eigenvalue weighted by Gasteiger charge is -2.35. The van der Waals surface area contributed by atoms with Crippen LogP contribution >= 0.6 is 0 Å². The molecule has 0 spiro atoms. The van der Waals surface area contributed by atoms with Crippen molar-refractivity contribution in [3.8, 4) is 5.75 Å². The number of piperazine rings is 1. The van der Waals surface area contributed by atoms with Crippen LogP contribution in [-0.4, -0.2) is 72.7 Å². The monoisotopic (exact) mass is 349 g/mol. The van der Waals surface area contributed by atoms with Crippen LogP contribution in [-0.2, 0) is 9.53 Å². The van der Waals surface area contributed by atoms with Gasteiger partial charge in [-0.2, -0.15) is 0 Å². The molecule has 25 heavy (non-hydrogen) atoms. The van der Waals surface area contributed by atoms with Crippen molar-refractivity contribution in [1.82, 2.24) is 9.80 Å². The molecule has 2 aliphatic heterocycles. The fourth-order valence-corrected chi connectivity index (χ4v) is 3.15. The van der Waals surface area contributed by atoms with Gasteiger partial charge in [0.2, 0.25) is 0 Å². The van der Waals surface area contributed by atoms with Crippen LogP contribution < -0.4 is 4.74 Å². The summed E-state index contributed by atoms with van der Waals surface area (Å²) in [5.41, 5.74) is 0.0266. The maximum atomic E-state index is 12.3. The van der Waals surface area contributed by atoms with Crippen LogP contribution in [0.3, 0.4) is 0 Å². The summed E-state index contributed by atoms with van der Waals surface area (Å²) in [7, 11) is 0. The third-order valence-corrected chi connectivity index (χ3v) is 4.59. The first-order chi connectivity index (χ1) is 12.1. The van der Waals surface area contributed by atoms with E-state index in [0.29, 0.717) is 32.1 Å². The Morgan fingerprint density at radius 1 is 1.32 bits per heavy atom. The number of benzene rings is 1. The number of nitro groups is 1. The third kappa shape index (κ3) is 4.67. The summed E-state index contributed by atoms with van der Waals surface area (Å²) in [5.74, 6) is 0.617. The second-order valence-corrected chi connectivity index (χ2v) is 6.27. The average molecular weight is 349 g/mol. The Hall–Kier alpha value is -2.19. The summed E-state index contributed by atoms with van der Waals surface area (Å²) in [4.78, 5) is 26.7. The van der Waals surface area contributed by atoms with E-state index in [-0.39, 0.29) is 17.7 Å². The highest BCUT2D eigenvalue weighted by molar-refractivity contribution is 5.81. The van der Waals surface area contributed by atoms with E-state index in [1.165, 1.54) is 12.1 Å². The molecule has 1 atom stereocenters. The normalized spacial score (nSPS) is 21.3. The van der Waals surface area contributed by atoms with Gasteiger partial charge in [0.25, 0.3) is 11.6 Å². The molecule has 0 radical (unpaired) electrons. The lowest BCUT2D eigenvalue weighted by molar-refractivity contribution is -0.384. The summed E-state index contributed by atoms with van der Waals surface area (Å²) in [5, 5.41) is 10.8. The van der Waals surface area contributed by atoms with E-state index in [1.807, 2.05) is 4.90 Å². The topological polar surface area (TPSA) is 85.2 Å². The van der Waals surface area contributed by atoms with Crippen molar-refractivity contribution >= 4 is 11.6 Å². The van der Waals surface area contributed by atoms with Crippen molar-refractivity contribution in [1.29, 1.82) is 0 Å². The van der Waals surface area contributed by atoms with E-state index in [0.717, 1.165) is 32.5 Å². The molecule has 1 unspecified atom stereocenters. The Kier molecular flexibility index (Phi) is 5.83. The summed E-state index contributed by atoms with van der Waals surface area (Å²) in [6.07, 6.45) is 1.55. The van der Waals surface area contributed by atoms with Crippen LogP contribution in [0.25, 0.3) is 0 Å². The number of rotatable bonds is 6. The first-order valence-electron chi connectivity index (χ1n) is 8.63. The summed E-state index contributed by atoms with van der Waals surface area (Å²) < 4.78 is 11.1. The molecule has 136 valence electrons. The van der Waals surface area contributed by atoms with Crippen LogP contribution in [0.2, 0.25) is 0 Å². The molecule has 2 aliphatic rings. The highest BCUT2D eigenvalue weighted by Gasteiger charge is 2.30. The molecule has 0 saturated carbocycles.